The van der Waals surface area contributed by atoms with E-state index in [1.54, 1.807) is 13.8 Å². The Morgan fingerprint density at radius 1 is 1.30 bits per heavy atom. The van der Waals surface area contributed by atoms with E-state index >= 15 is 0 Å². The van der Waals surface area contributed by atoms with Crippen LogP contribution in [0, 0.1) is 23.2 Å². The second-order valence-corrected chi connectivity index (χ2v) is 6.40. The van der Waals surface area contributed by atoms with Crippen LogP contribution < -0.4 is 10.2 Å². The molecule has 3 rings (SSSR count). The highest BCUT2D eigenvalue weighted by Gasteiger charge is 2.45. The first-order valence-electron chi connectivity index (χ1n) is 6.69. The number of thiophene rings is 1. The number of amides is 2. The van der Waals surface area contributed by atoms with Crippen molar-refractivity contribution in [3.63, 3.8) is 0 Å². The van der Waals surface area contributed by atoms with Crippen LogP contribution in [-0.2, 0) is 22.6 Å². The summed E-state index contributed by atoms with van der Waals surface area (Å²) in [5, 5.41) is 13.2. The average Bonchev–Trinajstić information content (AvgIpc) is 2.91. The summed E-state index contributed by atoms with van der Waals surface area (Å²) < 4.78 is 0. The molecule has 2 amide bonds. The number of carbonyl (C=O) groups excluding carboxylic acids is 2. The molecule has 1 saturated heterocycles. The lowest BCUT2D eigenvalue weighted by Gasteiger charge is -2.13. The van der Waals surface area contributed by atoms with E-state index in [1.807, 2.05) is 0 Å². The zero-order valence-electron chi connectivity index (χ0n) is 11.4. The number of nitrogens with one attached hydrogen (secondary N) is 1. The molecule has 20 heavy (non-hydrogen) atoms. The number of hydrogen-bond acceptors (Lipinski definition) is 5. The number of imide groups is 1. The van der Waals surface area contributed by atoms with Crippen LogP contribution >= 0.6 is 11.3 Å². The molecule has 0 bridgehead atoms. The van der Waals surface area contributed by atoms with Gasteiger partial charge in [-0.15, -0.1) is 11.3 Å². The van der Waals surface area contributed by atoms with Crippen molar-refractivity contribution in [2.75, 3.05) is 11.4 Å². The van der Waals surface area contributed by atoms with Gasteiger partial charge < -0.3 is 5.32 Å². The largest absolute Gasteiger partial charge is 0.312 e. The van der Waals surface area contributed by atoms with E-state index in [0.717, 1.165) is 23.4 Å². The molecule has 3 heterocycles. The van der Waals surface area contributed by atoms with Gasteiger partial charge in [0.15, 0.2) is 0 Å². The summed E-state index contributed by atoms with van der Waals surface area (Å²) in [7, 11) is 0. The Bertz CT molecular complexity index is 624. The molecule has 1 N–H and O–H groups in total. The van der Waals surface area contributed by atoms with Crippen molar-refractivity contribution in [1.29, 1.82) is 5.26 Å². The molecule has 0 aromatic carbocycles. The molecular weight excluding hydrogens is 274 g/mol. The second kappa shape index (κ2) is 4.69. The van der Waals surface area contributed by atoms with Crippen molar-refractivity contribution in [3.05, 3.63) is 16.0 Å². The third-order valence-corrected chi connectivity index (χ3v) is 5.41. The molecule has 2 aliphatic rings. The lowest BCUT2D eigenvalue weighted by molar-refractivity contribution is -0.122. The SMILES string of the molecule is CC1C(=O)N(c2sc3c(c2C#N)CCNC3)C(=O)C1C. The summed E-state index contributed by atoms with van der Waals surface area (Å²) in [5.41, 5.74) is 1.51. The third kappa shape index (κ3) is 1.70. The van der Waals surface area contributed by atoms with Gasteiger partial charge >= 0.3 is 0 Å². The van der Waals surface area contributed by atoms with Gasteiger partial charge in [-0.25, -0.2) is 4.90 Å². The minimum absolute atomic E-state index is 0.189. The molecule has 0 saturated carbocycles. The maximum Gasteiger partial charge on any atom is 0.238 e. The van der Waals surface area contributed by atoms with Gasteiger partial charge in [-0.3, -0.25) is 9.59 Å². The van der Waals surface area contributed by atoms with Gasteiger partial charge in [0.25, 0.3) is 0 Å². The lowest BCUT2D eigenvalue weighted by Crippen LogP contribution is -2.30. The summed E-state index contributed by atoms with van der Waals surface area (Å²) >= 11 is 1.39. The van der Waals surface area contributed by atoms with E-state index in [1.165, 1.54) is 16.2 Å². The highest BCUT2D eigenvalue weighted by Crippen LogP contribution is 2.41. The molecule has 1 fully saturated rings. The van der Waals surface area contributed by atoms with E-state index in [2.05, 4.69) is 11.4 Å². The Labute approximate surface area is 121 Å². The molecule has 0 aliphatic carbocycles. The standard InChI is InChI=1S/C14H15N3O2S/c1-7-8(2)13(19)17(12(7)18)14-10(5-15)9-3-4-16-6-11(9)20-14/h7-8,16H,3-4,6H2,1-2H3. The highest BCUT2D eigenvalue weighted by molar-refractivity contribution is 7.17. The predicted octanol–water partition coefficient (Wildman–Crippen LogP) is 1.41. The summed E-state index contributed by atoms with van der Waals surface area (Å²) in [5.74, 6) is -1.01. The lowest BCUT2D eigenvalue weighted by atomic mass is 10.00. The van der Waals surface area contributed by atoms with Gasteiger partial charge in [0.1, 0.15) is 11.1 Å². The van der Waals surface area contributed by atoms with E-state index in [0.29, 0.717) is 17.1 Å². The predicted molar refractivity (Wildman–Crippen MR) is 75.3 cm³/mol. The molecule has 0 radical (unpaired) electrons. The Morgan fingerprint density at radius 2 is 1.95 bits per heavy atom. The monoisotopic (exact) mass is 289 g/mol. The van der Waals surface area contributed by atoms with Crippen LogP contribution in [0.3, 0.4) is 0 Å². The van der Waals surface area contributed by atoms with Gasteiger partial charge in [0.05, 0.1) is 5.56 Å². The zero-order valence-corrected chi connectivity index (χ0v) is 12.2. The zero-order chi connectivity index (χ0) is 14.4. The Kier molecular flexibility index (Phi) is 3.11. The molecular formula is C14H15N3O2S. The summed E-state index contributed by atoms with van der Waals surface area (Å²) in [6.07, 6.45) is 0.774. The molecule has 1 aromatic heterocycles. The van der Waals surface area contributed by atoms with E-state index < -0.39 is 0 Å². The van der Waals surface area contributed by atoms with E-state index in [-0.39, 0.29) is 23.7 Å². The van der Waals surface area contributed by atoms with Gasteiger partial charge in [-0.2, -0.15) is 5.26 Å². The van der Waals surface area contributed by atoms with Crippen LogP contribution in [0.5, 0.6) is 0 Å². The van der Waals surface area contributed by atoms with Crippen molar-refractivity contribution in [2.24, 2.45) is 11.8 Å². The molecule has 104 valence electrons. The molecule has 6 heteroatoms. The number of carbonyl (C=O) groups is 2. The Balaban J connectivity index is 2.12. The molecule has 0 spiro atoms. The topological polar surface area (TPSA) is 73.2 Å². The van der Waals surface area contributed by atoms with E-state index in [9.17, 15) is 14.9 Å². The number of anilines is 1. The van der Waals surface area contributed by atoms with Crippen LogP contribution in [0.15, 0.2) is 0 Å². The summed E-state index contributed by atoms with van der Waals surface area (Å²) in [4.78, 5) is 26.9. The van der Waals surface area contributed by atoms with Gasteiger partial charge in [-0.05, 0) is 18.5 Å². The van der Waals surface area contributed by atoms with Gasteiger partial charge in [0.2, 0.25) is 11.8 Å². The van der Waals surface area contributed by atoms with Crippen molar-refractivity contribution in [3.8, 4) is 6.07 Å². The van der Waals surface area contributed by atoms with Gasteiger partial charge in [-0.1, -0.05) is 13.8 Å². The molecule has 2 unspecified atom stereocenters. The van der Waals surface area contributed by atoms with Crippen molar-refractivity contribution < 1.29 is 9.59 Å². The summed E-state index contributed by atoms with van der Waals surface area (Å²) in [6.45, 7) is 5.07. The van der Waals surface area contributed by atoms with Crippen molar-refractivity contribution in [1.82, 2.24) is 5.32 Å². The molecule has 1 aromatic rings. The smallest absolute Gasteiger partial charge is 0.238 e. The number of hydrogen-bond donors (Lipinski definition) is 1. The number of fused-ring (bicyclic) bond motifs is 1. The quantitative estimate of drug-likeness (QED) is 0.793. The van der Waals surface area contributed by atoms with Crippen LogP contribution in [0.25, 0.3) is 0 Å². The Morgan fingerprint density at radius 3 is 2.55 bits per heavy atom. The van der Waals surface area contributed by atoms with Crippen LogP contribution in [0.2, 0.25) is 0 Å². The fourth-order valence-corrected chi connectivity index (χ4v) is 4.01. The van der Waals surface area contributed by atoms with Crippen molar-refractivity contribution >= 4 is 28.2 Å². The average molecular weight is 289 g/mol. The highest BCUT2D eigenvalue weighted by atomic mass is 32.1. The minimum Gasteiger partial charge on any atom is -0.312 e. The molecule has 2 atom stereocenters. The van der Waals surface area contributed by atoms with Crippen LogP contribution in [-0.4, -0.2) is 18.4 Å². The van der Waals surface area contributed by atoms with Crippen molar-refractivity contribution in [2.45, 2.75) is 26.8 Å². The minimum atomic E-state index is -0.314. The normalized spacial score (nSPS) is 25.8. The maximum absolute atomic E-state index is 12.3. The van der Waals surface area contributed by atoms with Crippen LogP contribution in [0.4, 0.5) is 5.00 Å². The maximum atomic E-state index is 12.3. The fourth-order valence-electron chi connectivity index (χ4n) is 2.74. The first kappa shape index (κ1) is 13.3. The first-order valence-corrected chi connectivity index (χ1v) is 7.51. The third-order valence-electron chi connectivity index (χ3n) is 4.19. The van der Waals surface area contributed by atoms with Crippen LogP contribution in [0.1, 0.15) is 29.9 Å². The van der Waals surface area contributed by atoms with Gasteiger partial charge in [0, 0.05) is 23.3 Å². The number of nitrogens with zero attached hydrogens (tertiary/aromatic N) is 2. The molecule has 5 nitrogen and oxygen atoms in total. The number of rotatable bonds is 1. The summed E-state index contributed by atoms with van der Waals surface area (Å²) in [6, 6.07) is 2.19. The molecule has 2 aliphatic heterocycles. The van der Waals surface area contributed by atoms with E-state index in [4.69, 9.17) is 0 Å². The fraction of sp³-hybridized carbons (Fsp3) is 0.500. The Hall–Kier alpha value is -1.71. The number of nitriles is 1. The first-order chi connectivity index (χ1) is 9.56. The second-order valence-electron chi connectivity index (χ2n) is 5.31.